The Balaban J connectivity index is 1.48. The number of rotatable bonds is 7. The first-order valence-electron chi connectivity index (χ1n) is 8.60. The van der Waals surface area contributed by atoms with Gasteiger partial charge >= 0.3 is 0 Å². The van der Waals surface area contributed by atoms with E-state index in [1.807, 2.05) is 43.5 Å². The Labute approximate surface area is 143 Å². The number of anilines is 1. The summed E-state index contributed by atoms with van der Waals surface area (Å²) in [5, 5.41) is 6.37. The molecule has 1 fully saturated rings. The summed E-state index contributed by atoms with van der Waals surface area (Å²) in [6.07, 6.45) is 8.35. The normalized spacial score (nSPS) is 23.8. The molecule has 1 unspecified atom stereocenters. The molecule has 6 heteroatoms. The molecule has 1 aromatic rings. The third kappa shape index (κ3) is 5.06. The summed E-state index contributed by atoms with van der Waals surface area (Å²) in [7, 11) is 0. The quantitative estimate of drug-likeness (QED) is 0.662. The highest BCUT2D eigenvalue weighted by molar-refractivity contribution is 5.47. The van der Waals surface area contributed by atoms with Gasteiger partial charge in [0.15, 0.2) is 0 Å². The number of nitrogens with two attached hydrogens (primary N) is 1. The average molecular weight is 329 g/mol. The molecule has 0 aromatic carbocycles. The largest absolute Gasteiger partial charge is 0.374 e. The van der Waals surface area contributed by atoms with Crippen molar-refractivity contribution in [2.24, 2.45) is 5.73 Å². The number of hydrogen-bond acceptors (Lipinski definition) is 6. The Bertz CT molecular complexity index is 605. The lowest BCUT2D eigenvalue weighted by Crippen LogP contribution is -2.48. The smallest absolute Gasteiger partial charge is 0.130 e. The summed E-state index contributed by atoms with van der Waals surface area (Å²) < 4.78 is 5.77. The van der Waals surface area contributed by atoms with Gasteiger partial charge < -0.3 is 26.0 Å². The van der Waals surface area contributed by atoms with E-state index in [2.05, 4.69) is 20.5 Å². The van der Waals surface area contributed by atoms with Crippen LogP contribution in [-0.4, -0.2) is 41.8 Å². The molecule has 1 atom stereocenters. The monoisotopic (exact) mass is 329 g/mol. The molecule has 0 bridgehead atoms. The van der Waals surface area contributed by atoms with E-state index in [0.717, 1.165) is 30.4 Å². The number of dihydropyridines is 1. The lowest BCUT2D eigenvalue weighted by molar-refractivity contribution is 0.0972. The number of allylic oxidation sites excluding steroid dienone is 1. The molecular formula is C18H27N5O. The van der Waals surface area contributed by atoms with Crippen molar-refractivity contribution in [2.45, 2.75) is 32.0 Å². The summed E-state index contributed by atoms with van der Waals surface area (Å²) in [4.78, 5) is 7.05. The SMILES string of the molecule is CC1(N)C=C(Nc2cccc(COCCN3CCCC3)n2)C=CN1. The van der Waals surface area contributed by atoms with E-state index in [9.17, 15) is 0 Å². The van der Waals surface area contributed by atoms with Crippen molar-refractivity contribution < 1.29 is 4.74 Å². The number of aromatic nitrogens is 1. The summed E-state index contributed by atoms with van der Waals surface area (Å²) in [6.45, 7) is 6.63. The van der Waals surface area contributed by atoms with E-state index in [-0.39, 0.29) is 0 Å². The van der Waals surface area contributed by atoms with Crippen LogP contribution >= 0.6 is 0 Å². The minimum atomic E-state index is -0.548. The zero-order valence-corrected chi connectivity index (χ0v) is 14.3. The molecule has 3 rings (SSSR count). The zero-order chi connectivity index (χ0) is 16.8. The summed E-state index contributed by atoms with van der Waals surface area (Å²) in [5.41, 5.74) is 7.37. The lowest BCUT2D eigenvalue weighted by atomic mass is 10.1. The molecule has 1 saturated heterocycles. The van der Waals surface area contributed by atoms with E-state index in [0.29, 0.717) is 6.61 Å². The molecular weight excluding hydrogens is 302 g/mol. The Kier molecular flexibility index (Phi) is 5.50. The summed E-state index contributed by atoms with van der Waals surface area (Å²) >= 11 is 0. The van der Waals surface area contributed by atoms with Gasteiger partial charge in [0.25, 0.3) is 0 Å². The maximum atomic E-state index is 6.06. The number of ether oxygens (including phenoxy) is 1. The van der Waals surface area contributed by atoms with Gasteiger partial charge in [-0.15, -0.1) is 0 Å². The second kappa shape index (κ2) is 7.79. The third-order valence-corrected chi connectivity index (χ3v) is 4.19. The highest BCUT2D eigenvalue weighted by Crippen LogP contribution is 2.14. The first-order valence-corrected chi connectivity index (χ1v) is 8.60. The van der Waals surface area contributed by atoms with Gasteiger partial charge in [-0.3, -0.25) is 0 Å². The third-order valence-electron chi connectivity index (χ3n) is 4.19. The first-order chi connectivity index (χ1) is 11.6. The fourth-order valence-corrected chi connectivity index (χ4v) is 2.96. The van der Waals surface area contributed by atoms with Crippen molar-refractivity contribution in [1.29, 1.82) is 0 Å². The van der Waals surface area contributed by atoms with Crippen molar-refractivity contribution >= 4 is 5.82 Å². The molecule has 2 aliphatic heterocycles. The maximum Gasteiger partial charge on any atom is 0.130 e. The average Bonchev–Trinajstić information content (AvgIpc) is 3.04. The van der Waals surface area contributed by atoms with Crippen LogP contribution in [0.2, 0.25) is 0 Å². The van der Waals surface area contributed by atoms with E-state index in [4.69, 9.17) is 10.5 Å². The second-order valence-electron chi connectivity index (χ2n) is 6.60. The van der Waals surface area contributed by atoms with Gasteiger partial charge in [0.05, 0.1) is 18.9 Å². The van der Waals surface area contributed by atoms with Gasteiger partial charge in [-0.2, -0.15) is 0 Å². The van der Waals surface area contributed by atoms with Crippen molar-refractivity contribution in [1.82, 2.24) is 15.2 Å². The number of nitrogens with zero attached hydrogens (tertiary/aromatic N) is 2. The number of nitrogens with one attached hydrogen (secondary N) is 2. The number of hydrogen-bond donors (Lipinski definition) is 3. The van der Waals surface area contributed by atoms with E-state index < -0.39 is 5.66 Å². The number of pyridine rings is 1. The minimum Gasteiger partial charge on any atom is -0.374 e. The van der Waals surface area contributed by atoms with Gasteiger partial charge in [0.1, 0.15) is 11.5 Å². The minimum absolute atomic E-state index is 0.536. The predicted octanol–water partition coefficient (Wildman–Crippen LogP) is 1.78. The molecule has 1 aromatic heterocycles. The van der Waals surface area contributed by atoms with Crippen LogP contribution in [0.4, 0.5) is 5.82 Å². The molecule has 0 radical (unpaired) electrons. The van der Waals surface area contributed by atoms with E-state index in [1.54, 1.807) is 0 Å². The van der Waals surface area contributed by atoms with Crippen LogP contribution in [0.15, 0.2) is 42.2 Å². The van der Waals surface area contributed by atoms with Crippen LogP contribution in [0, 0.1) is 0 Å². The second-order valence-corrected chi connectivity index (χ2v) is 6.60. The molecule has 130 valence electrons. The topological polar surface area (TPSA) is 75.4 Å². The van der Waals surface area contributed by atoms with Crippen LogP contribution in [0.1, 0.15) is 25.5 Å². The zero-order valence-electron chi connectivity index (χ0n) is 14.3. The summed E-state index contributed by atoms with van der Waals surface area (Å²) in [5.74, 6) is 0.796. The van der Waals surface area contributed by atoms with Crippen LogP contribution in [0.3, 0.4) is 0 Å². The van der Waals surface area contributed by atoms with E-state index in [1.165, 1.54) is 25.9 Å². The standard InChI is InChI=1S/C18H27N5O/c1-18(19)13-15(7-8-20-18)21-17-6-4-5-16(22-17)14-24-12-11-23-9-2-3-10-23/h4-8,13,20H,2-3,9-12,14,19H2,1H3,(H,21,22). The van der Waals surface area contributed by atoms with Gasteiger partial charge in [-0.05, 0) is 57.1 Å². The van der Waals surface area contributed by atoms with Gasteiger partial charge in [-0.1, -0.05) is 6.07 Å². The van der Waals surface area contributed by atoms with Gasteiger partial charge in [0.2, 0.25) is 0 Å². The van der Waals surface area contributed by atoms with Crippen LogP contribution in [0.5, 0.6) is 0 Å². The van der Waals surface area contributed by atoms with Crippen molar-refractivity contribution in [3.63, 3.8) is 0 Å². The van der Waals surface area contributed by atoms with Gasteiger partial charge in [-0.25, -0.2) is 4.98 Å². The number of likely N-dealkylation sites (tertiary alicyclic amines) is 1. The molecule has 2 aliphatic rings. The molecule has 6 nitrogen and oxygen atoms in total. The van der Waals surface area contributed by atoms with Crippen molar-refractivity contribution in [3.8, 4) is 0 Å². The Hall–Kier alpha value is -1.89. The predicted molar refractivity (Wildman–Crippen MR) is 96.1 cm³/mol. The van der Waals surface area contributed by atoms with Crippen molar-refractivity contribution in [2.75, 3.05) is 31.6 Å². The Morgan fingerprint density at radius 2 is 2.21 bits per heavy atom. The maximum absolute atomic E-state index is 6.06. The highest BCUT2D eigenvalue weighted by atomic mass is 16.5. The molecule has 0 amide bonds. The molecule has 0 saturated carbocycles. The fraction of sp³-hybridized carbons (Fsp3) is 0.500. The molecule has 0 aliphatic carbocycles. The van der Waals surface area contributed by atoms with Crippen LogP contribution in [-0.2, 0) is 11.3 Å². The molecule has 3 heterocycles. The van der Waals surface area contributed by atoms with Crippen LogP contribution in [0.25, 0.3) is 0 Å². The lowest BCUT2D eigenvalue weighted by Gasteiger charge is -2.26. The van der Waals surface area contributed by atoms with Gasteiger partial charge in [0, 0.05) is 18.4 Å². The Morgan fingerprint density at radius 3 is 3.00 bits per heavy atom. The highest BCUT2D eigenvalue weighted by Gasteiger charge is 2.16. The Morgan fingerprint density at radius 1 is 1.38 bits per heavy atom. The molecule has 4 N–H and O–H groups in total. The summed E-state index contributed by atoms with van der Waals surface area (Å²) in [6, 6.07) is 5.92. The van der Waals surface area contributed by atoms with Crippen molar-refractivity contribution in [3.05, 3.63) is 47.9 Å². The molecule has 24 heavy (non-hydrogen) atoms. The van der Waals surface area contributed by atoms with Crippen LogP contribution < -0.4 is 16.4 Å². The fourth-order valence-electron chi connectivity index (χ4n) is 2.96. The first kappa shape index (κ1) is 17.0. The van der Waals surface area contributed by atoms with E-state index >= 15 is 0 Å². The molecule has 0 spiro atoms.